The summed E-state index contributed by atoms with van der Waals surface area (Å²) in [7, 11) is 0. The normalized spacial score (nSPS) is 17.3. The molecule has 0 spiro atoms. The van der Waals surface area contributed by atoms with Crippen LogP contribution in [0.3, 0.4) is 0 Å². The number of rotatable bonds is 5. The lowest BCUT2D eigenvalue weighted by molar-refractivity contribution is -0.123. The van der Waals surface area contributed by atoms with Crippen molar-refractivity contribution in [2.24, 2.45) is 5.92 Å². The second-order valence-corrected chi connectivity index (χ2v) is 8.21. The van der Waals surface area contributed by atoms with Crippen LogP contribution in [0.4, 0.5) is 0 Å². The second kappa shape index (κ2) is 9.39. The Morgan fingerprint density at radius 3 is 2.60 bits per heavy atom. The molecule has 1 atom stereocenters. The van der Waals surface area contributed by atoms with E-state index < -0.39 is 0 Å². The number of para-hydroxylation sites is 1. The first-order chi connectivity index (χ1) is 14.6. The van der Waals surface area contributed by atoms with Crippen molar-refractivity contribution in [2.45, 2.75) is 32.9 Å². The van der Waals surface area contributed by atoms with Gasteiger partial charge in [-0.1, -0.05) is 38.1 Å². The number of amides is 1. The molecule has 0 saturated carbocycles. The molecule has 0 fully saturated rings. The summed E-state index contributed by atoms with van der Waals surface area (Å²) in [5, 5.41) is 3.23. The highest BCUT2D eigenvalue weighted by Crippen LogP contribution is 2.34. The van der Waals surface area contributed by atoms with Crippen LogP contribution in [0.25, 0.3) is 0 Å². The molecule has 2 aromatic carbocycles. The van der Waals surface area contributed by atoms with E-state index in [2.05, 4.69) is 30.1 Å². The Bertz CT molecular complexity index is 883. The molecular formula is C24H30N2O4. The van der Waals surface area contributed by atoms with Crippen molar-refractivity contribution in [1.82, 2.24) is 10.2 Å². The summed E-state index contributed by atoms with van der Waals surface area (Å²) in [5.74, 6) is 2.69. The van der Waals surface area contributed by atoms with E-state index in [1.54, 1.807) is 0 Å². The fourth-order valence-electron chi connectivity index (χ4n) is 3.95. The maximum atomic E-state index is 12.9. The van der Waals surface area contributed by atoms with Gasteiger partial charge in [-0.15, -0.1) is 0 Å². The molecule has 6 nitrogen and oxygen atoms in total. The van der Waals surface area contributed by atoms with Gasteiger partial charge in [0.25, 0.3) is 0 Å². The van der Waals surface area contributed by atoms with Crippen LogP contribution in [0.1, 0.15) is 37.4 Å². The molecule has 6 heteroatoms. The van der Waals surface area contributed by atoms with Crippen molar-refractivity contribution in [2.75, 3.05) is 32.9 Å². The summed E-state index contributed by atoms with van der Waals surface area (Å²) < 4.78 is 17.4. The van der Waals surface area contributed by atoms with Crippen LogP contribution >= 0.6 is 0 Å². The van der Waals surface area contributed by atoms with Gasteiger partial charge in [0, 0.05) is 25.1 Å². The quantitative estimate of drug-likeness (QED) is 0.817. The lowest BCUT2D eigenvalue weighted by Gasteiger charge is -2.26. The Morgan fingerprint density at radius 2 is 1.77 bits per heavy atom. The maximum Gasteiger partial charge on any atom is 0.234 e. The summed E-state index contributed by atoms with van der Waals surface area (Å²) in [6.07, 6.45) is 0.872. The summed E-state index contributed by atoms with van der Waals surface area (Å²) in [5.41, 5.74) is 2.15. The first-order valence-electron chi connectivity index (χ1n) is 10.7. The first-order valence-corrected chi connectivity index (χ1v) is 10.7. The van der Waals surface area contributed by atoms with Gasteiger partial charge in [-0.25, -0.2) is 0 Å². The fourth-order valence-corrected chi connectivity index (χ4v) is 3.95. The zero-order valence-corrected chi connectivity index (χ0v) is 17.7. The van der Waals surface area contributed by atoms with Crippen molar-refractivity contribution in [3.05, 3.63) is 53.6 Å². The van der Waals surface area contributed by atoms with Crippen molar-refractivity contribution in [1.29, 1.82) is 0 Å². The predicted molar refractivity (Wildman–Crippen MR) is 115 cm³/mol. The van der Waals surface area contributed by atoms with E-state index in [1.165, 1.54) is 0 Å². The maximum absolute atomic E-state index is 12.9. The molecule has 2 heterocycles. The number of carbonyl (C=O) groups is 1. The number of hydrogen-bond donors (Lipinski definition) is 1. The highest BCUT2D eigenvalue weighted by atomic mass is 16.5. The zero-order chi connectivity index (χ0) is 20.9. The number of fused-ring (bicyclic) bond motifs is 2. The summed E-state index contributed by atoms with van der Waals surface area (Å²) in [6.45, 7) is 7.89. The lowest BCUT2D eigenvalue weighted by atomic mass is 9.95. The minimum absolute atomic E-state index is 0.0141. The summed E-state index contributed by atoms with van der Waals surface area (Å²) in [6, 6.07) is 13.9. The average Bonchev–Trinajstić information content (AvgIpc) is 3.09. The smallest absolute Gasteiger partial charge is 0.234 e. The molecule has 0 aromatic heterocycles. The van der Waals surface area contributed by atoms with Gasteiger partial charge in [0.15, 0.2) is 11.5 Å². The van der Waals surface area contributed by atoms with Gasteiger partial charge in [0.1, 0.15) is 12.4 Å². The van der Waals surface area contributed by atoms with Crippen LogP contribution < -0.4 is 19.5 Å². The Morgan fingerprint density at radius 1 is 1.00 bits per heavy atom. The van der Waals surface area contributed by atoms with Gasteiger partial charge in [-0.05, 0) is 29.7 Å². The van der Waals surface area contributed by atoms with Crippen molar-refractivity contribution >= 4 is 5.91 Å². The average molecular weight is 411 g/mol. The van der Waals surface area contributed by atoms with Crippen molar-refractivity contribution in [3.8, 4) is 17.2 Å². The van der Waals surface area contributed by atoms with Gasteiger partial charge in [-0.2, -0.15) is 0 Å². The van der Waals surface area contributed by atoms with Gasteiger partial charge in [0.2, 0.25) is 5.91 Å². The minimum Gasteiger partial charge on any atom is -0.492 e. The van der Waals surface area contributed by atoms with Gasteiger partial charge >= 0.3 is 0 Å². The molecule has 1 unspecified atom stereocenters. The lowest BCUT2D eigenvalue weighted by Crippen LogP contribution is -2.40. The van der Waals surface area contributed by atoms with Crippen molar-refractivity contribution in [3.63, 3.8) is 0 Å². The monoisotopic (exact) mass is 410 g/mol. The number of benzene rings is 2. The second-order valence-electron chi connectivity index (χ2n) is 8.21. The highest BCUT2D eigenvalue weighted by Gasteiger charge is 2.23. The molecule has 4 rings (SSSR count). The molecule has 1 N–H and O–H groups in total. The largest absolute Gasteiger partial charge is 0.492 e. The predicted octanol–water partition coefficient (Wildman–Crippen LogP) is 3.56. The Balaban J connectivity index is 1.43. The zero-order valence-electron chi connectivity index (χ0n) is 17.7. The molecule has 30 heavy (non-hydrogen) atoms. The molecule has 2 aliphatic heterocycles. The van der Waals surface area contributed by atoms with E-state index in [0.29, 0.717) is 32.9 Å². The minimum atomic E-state index is -0.0924. The van der Waals surface area contributed by atoms with Gasteiger partial charge in [0.05, 0.1) is 25.8 Å². The molecule has 0 aliphatic carbocycles. The summed E-state index contributed by atoms with van der Waals surface area (Å²) >= 11 is 0. The standard InChI is InChI=1S/C24H30N2O4/c1-17(2)24(18-8-9-21-22(14-18)29-12-5-11-28-21)25-23(27)16-26-10-13-30-20-7-4-3-6-19(20)15-26/h3-4,6-9,14,17,24H,5,10-13,15-16H2,1-2H3,(H,25,27). The number of nitrogens with one attached hydrogen (secondary N) is 1. The van der Waals surface area contributed by atoms with Crippen molar-refractivity contribution < 1.29 is 19.0 Å². The highest BCUT2D eigenvalue weighted by molar-refractivity contribution is 5.78. The number of nitrogens with zero attached hydrogens (tertiary/aromatic N) is 1. The molecule has 0 saturated heterocycles. The third-order valence-corrected chi connectivity index (χ3v) is 5.51. The van der Waals surface area contributed by atoms with Gasteiger partial charge < -0.3 is 19.5 Å². The summed E-state index contributed by atoms with van der Waals surface area (Å²) in [4.78, 5) is 15.0. The Labute approximate surface area is 178 Å². The van der Waals surface area contributed by atoms with Crippen LogP contribution in [0, 0.1) is 5.92 Å². The van der Waals surface area contributed by atoms with E-state index in [4.69, 9.17) is 14.2 Å². The third kappa shape index (κ3) is 4.87. The van der Waals surface area contributed by atoms with E-state index in [-0.39, 0.29) is 17.9 Å². The van der Waals surface area contributed by atoms with Gasteiger partial charge in [-0.3, -0.25) is 9.69 Å². The van der Waals surface area contributed by atoms with E-state index >= 15 is 0 Å². The van der Waals surface area contributed by atoms with E-state index in [9.17, 15) is 4.79 Å². The number of carbonyl (C=O) groups excluding carboxylic acids is 1. The Hall–Kier alpha value is -2.73. The first kappa shape index (κ1) is 20.5. The molecule has 1 amide bonds. The van der Waals surface area contributed by atoms with Crippen LogP contribution in [0.5, 0.6) is 17.2 Å². The Kier molecular flexibility index (Phi) is 6.43. The number of ether oxygens (including phenoxy) is 3. The molecule has 2 aromatic rings. The molecule has 160 valence electrons. The number of hydrogen-bond acceptors (Lipinski definition) is 5. The fraction of sp³-hybridized carbons (Fsp3) is 0.458. The molecular weight excluding hydrogens is 380 g/mol. The van der Waals surface area contributed by atoms with Crippen LogP contribution in [-0.2, 0) is 11.3 Å². The van der Waals surface area contributed by atoms with E-state index in [0.717, 1.165) is 41.3 Å². The van der Waals surface area contributed by atoms with Crippen LogP contribution in [0.15, 0.2) is 42.5 Å². The molecule has 2 aliphatic rings. The molecule has 0 bridgehead atoms. The van der Waals surface area contributed by atoms with Crippen LogP contribution in [0.2, 0.25) is 0 Å². The third-order valence-electron chi connectivity index (χ3n) is 5.51. The topological polar surface area (TPSA) is 60.0 Å². The molecule has 0 radical (unpaired) electrons. The SMILES string of the molecule is CC(C)C(NC(=O)CN1CCOc2ccccc2C1)c1ccc2c(c1)OCCCO2. The van der Waals surface area contributed by atoms with Crippen LogP contribution in [-0.4, -0.2) is 43.7 Å². The van der Waals surface area contributed by atoms with E-state index in [1.807, 2.05) is 36.4 Å².